The number of nitrogens with zero attached hydrogens (tertiary/aromatic N) is 5. The van der Waals surface area contributed by atoms with Gasteiger partial charge in [0.1, 0.15) is 23.2 Å². The maximum atomic E-state index is 14.0. The summed E-state index contributed by atoms with van der Waals surface area (Å²) in [4.78, 5) is 54.0. The second-order valence-electron chi connectivity index (χ2n) is 16.4. The maximum absolute atomic E-state index is 14.0. The number of pyridine rings is 1. The normalized spacial score (nSPS) is 16.2. The summed E-state index contributed by atoms with van der Waals surface area (Å²) in [6.07, 6.45) is -3.37. The lowest BCUT2D eigenvalue weighted by molar-refractivity contribution is -0.199. The molecule has 2 aliphatic heterocycles. The summed E-state index contributed by atoms with van der Waals surface area (Å²) in [6, 6.07) is 20.9. The number of anilines is 2. The van der Waals surface area contributed by atoms with Crippen molar-refractivity contribution in [3.63, 3.8) is 0 Å². The van der Waals surface area contributed by atoms with E-state index >= 15 is 0 Å². The van der Waals surface area contributed by atoms with Gasteiger partial charge in [-0.1, -0.05) is 47.7 Å². The fraction of sp³-hybridized carbons (Fsp3) is 0.413. The molecular formula is C46H51F3N6O6S. The smallest absolute Gasteiger partial charge is 0.405 e. The Labute approximate surface area is 363 Å². The molecule has 4 heterocycles. The van der Waals surface area contributed by atoms with Gasteiger partial charge in [0.25, 0.3) is 5.91 Å². The van der Waals surface area contributed by atoms with Crippen LogP contribution in [0, 0.1) is 6.92 Å². The van der Waals surface area contributed by atoms with E-state index in [1.54, 1.807) is 32.6 Å². The first kappa shape index (κ1) is 44.5. The summed E-state index contributed by atoms with van der Waals surface area (Å²) >= 11 is 1.42. The molecule has 0 spiro atoms. The molecule has 1 N–H and O–H groups in total. The number of thiazole rings is 1. The van der Waals surface area contributed by atoms with Gasteiger partial charge in [-0.25, -0.2) is 14.8 Å². The SMILES string of the molecule is CCOC(=O)CN1CCN(CCCOc2cccc(-c3ccc(N4CCc5cccc(C(=O)Nc6nc7ccccc7s6)c5C4)nc3C(=O)OC(C)(C)C)c2C)C[C@H]1C(F)(F)F. The van der Waals surface area contributed by atoms with Gasteiger partial charge in [-0.3, -0.25) is 19.8 Å². The highest BCUT2D eigenvalue weighted by Crippen LogP contribution is 2.36. The molecular weight excluding hydrogens is 822 g/mol. The van der Waals surface area contributed by atoms with Gasteiger partial charge in [0.05, 0.1) is 30.0 Å². The highest BCUT2D eigenvalue weighted by molar-refractivity contribution is 7.22. The number of benzene rings is 3. The molecule has 12 nitrogen and oxygen atoms in total. The van der Waals surface area contributed by atoms with Crippen LogP contribution < -0.4 is 15.0 Å². The van der Waals surface area contributed by atoms with E-state index in [4.69, 9.17) is 19.2 Å². The number of hydrogen-bond donors (Lipinski definition) is 1. The van der Waals surface area contributed by atoms with Crippen LogP contribution in [0.2, 0.25) is 0 Å². The van der Waals surface area contributed by atoms with Crippen LogP contribution in [0.3, 0.4) is 0 Å². The van der Waals surface area contributed by atoms with Crippen LogP contribution in [0.5, 0.6) is 5.75 Å². The lowest BCUT2D eigenvalue weighted by Gasteiger charge is -2.41. The van der Waals surface area contributed by atoms with E-state index < -0.39 is 36.3 Å². The number of alkyl halides is 3. The van der Waals surface area contributed by atoms with Crippen molar-refractivity contribution in [3.05, 3.63) is 101 Å². The highest BCUT2D eigenvalue weighted by atomic mass is 32.1. The van der Waals surface area contributed by atoms with Crippen molar-refractivity contribution in [1.82, 2.24) is 19.8 Å². The Bertz CT molecular complexity index is 2400. The average molecular weight is 873 g/mol. The van der Waals surface area contributed by atoms with Crippen LogP contribution in [-0.4, -0.2) is 108 Å². The molecule has 5 aromatic rings. The summed E-state index contributed by atoms with van der Waals surface area (Å²) in [5.74, 6) is -0.385. The molecule has 16 heteroatoms. The fourth-order valence-electron chi connectivity index (χ4n) is 7.89. The third kappa shape index (κ3) is 10.5. The van der Waals surface area contributed by atoms with Crippen LogP contribution in [0.1, 0.15) is 71.7 Å². The van der Waals surface area contributed by atoms with Crippen molar-refractivity contribution < 1.29 is 41.8 Å². The number of rotatable bonds is 13. The number of hydrogen-bond acceptors (Lipinski definition) is 12. The van der Waals surface area contributed by atoms with E-state index in [1.165, 1.54) is 11.3 Å². The van der Waals surface area contributed by atoms with E-state index in [9.17, 15) is 27.6 Å². The van der Waals surface area contributed by atoms with E-state index in [0.29, 0.717) is 72.4 Å². The molecule has 328 valence electrons. The monoisotopic (exact) mass is 872 g/mol. The largest absolute Gasteiger partial charge is 0.493 e. The minimum Gasteiger partial charge on any atom is -0.493 e. The zero-order chi connectivity index (χ0) is 44.2. The first-order valence-electron chi connectivity index (χ1n) is 20.8. The molecule has 2 aliphatic rings. The van der Waals surface area contributed by atoms with Crippen molar-refractivity contribution in [1.29, 1.82) is 0 Å². The summed E-state index contributed by atoms with van der Waals surface area (Å²) < 4.78 is 59.9. The molecule has 3 aromatic carbocycles. The Kier molecular flexibility index (Phi) is 13.5. The number of ether oxygens (including phenoxy) is 3. The zero-order valence-electron chi connectivity index (χ0n) is 35.5. The predicted molar refractivity (Wildman–Crippen MR) is 233 cm³/mol. The van der Waals surface area contributed by atoms with Crippen LogP contribution in [-0.2, 0) is 27.2 Å². The lowest BCUT2D eigenvalue weighted by Crippen LogP contribution is -2.60. The number of carbonyl (C=O) groups is 3. The van der Waals surface area contributed by atoms with Crippen LogP contribution in [0.15, 0.2) is 72.8 Å². The Balaban J connectivity index is 1.06. The summed E-state index contributed by atoms with van der Waals surface area (Å²) in [6.45, 7) is 10.4. The fourth-order valence-corrected chi connectivity index (χ4v) is 8.75. The number of para-hydroxylation sites is 1. The van der Waals surface area contributed by atoms with Crippen molar-refractivity contribution in [3.8, 4) is 16.9 Å². The third-order valence-electron chi connectivity index (χ3n) is 10.9. The topological polar surface area (TPSA) is 126 Å². The van der Waals surface area contributed by atoms with Gasteiger partial charge in [0.2, 0.25) is 0 Å². The highest BCUT2D eigenvalue weighted by Gasteiger charge is 2.47. The van der Waals surface area contributed by atoms with Crippen LogP contribution in [0.4, 0.5) is 24.1 Å². The number of nitrogens with one attached hydrogen (secondary N) is 1. The van der Waals surface area contributed by atoms with E-state index in [2.05, 4.69) is 15.2 Å². The van der Waals surface area contributed by atoms with Gasteiger partial charge < -0.3 is 24.0 Å². The van der Waals surface area contributed by atoms with Crippen LogP contribution in [0.25, 0.3) is 21.3 Å². The summed E-state index contributed by atoms with van der Waals surface area (Å²) in [5, 5.41) is 3.51. The standard InChI is InChI=1S/C46H51F3N6O6S/c1-6-59-40(56)28-54-24-23-53(27-38(54)46(47,48)49)21-11-25-60-36-16-10-13-31(29(36)2)32-18-19-39(51-41(32)43(58)61-45(3,4)5)55-22-20-30-12-9-14-33(34(30)26-55)42(57)52-44-50-35-15-7-8-17-37(35)62-44/h7-10,12-19,38H,6,11,20-28H2,1-5H3,(H,50,52,57)/t38-/m0/s1. The first-order valence-corrected chi connectivity index (χ1v) is 21.6. The van der Waals surface area contributed by atoms with Crippen molar-refractivity contribution in [2.75, 3.05) is 62.7 Å². The first-order chi connectivity index (χ1) is 29.6. The van der Waals surface area contributed by atoms with Gasteiger partial charge in [0, 0.05) is 50.4 Å². The van der Waals surface area contributed by atoms with E-state index in [1.807, 2.05) is 79.7 Å². The molecule has 1 atom stereocenters. The molecule has 62 heavy (non-hydrogen) atoms. The second-order valence-corrected chi connectivity index (χ2v) is 17.4. The number of fused-ring (bicyclic) bond motifs is 2. The van der Waals surface area contributed by atoms with Gasteiger partial charge in [-0.2, -0.15) is 13.2 Å². The quantitative estimate of drug-likeness (QED) is 0.0907. The van der Waals surface area contributed by atoms with Gasteiger partial charge in [-0.15, -0.1) is 0 Å². The number of halogens is 3. The number of carbonyl (C=O) groups excluding carboxylic acids is 3. The van der Waals surface area contributed by atoms with E-state index in [-0.39, 0.29) is 37.9 Å². The Morgan fingerprint density at radius 1 is 0.919 bits per heavy atom. The molecule has 0 unspecified atom stereocenters. The zero-order valence-corrected chi connectivity index (χ0v) is 36.3. The minimum atomic E-state index is -4.50. The van der Waals surface area contributed by atoms with Gasteiger partial charge in [0.15, 0.2) is 10.8 Å². The molecule has 7 rings (SSSR count). The molecule has 0 saturated carbocycles. The van der Waals surface area contributed by atoms with E-state index in [0.717, 1.165) is 31.8 Å². The van der Waals surface area contributed by atoms with Crippen molar-refractivity contribution >= 4 is 50.3 Å². The maximum Gasteiger partial charge on any atom is 0.405 e. The van der Waals surface area contributed by atoms with Crippen molar-refractivity contribution in [2.24, 2.45) is 0 Å². The van der Waals surface area contributed by atoms with Crippen molar-refractivity contribution in [2.45, 2.75) is 71.8 Å². The number of piperazine rings is 1. The molecule has 1 fully saturated rings. The summed E-state index contributed by atoms with van der Waals surface area (Å²) in [5.41, 5.74) is 4.66. The second kappa shape index (κ2) is 18.8. The molecule has 2 aromatic heterocycles. The summed E-state index contributed by atoms with van der Waals surface area (Å²) in [7, 11) is 0. The molecule has 1 amide bonds. The average Bonchev–Trinajstić information content (AvgIpc) is 3.64. The third-order valence-corrected chi connectivity index (χ3v) is 11.8. The molecule has 0 bridgehead atoms. The van der Waals surface area contributed by atoms with Crippen LogP contribution >= 0.6 is 11.3 Å². The predicted octanol–water partition coefficient (Wildman–Crippen LogP) is 8.32. The Hall–Kier alpha value is -5.58. The Morgan fingerprint density at radius 2 is 1.71 bits per heavy atom. The van der Waals surface area contributed by atoms with Gasteiger partial charge in [-0.05, 0) is 106 Å². The molecule has 0 radical (unpaired) electrons. The number of esters is 2. The minimum absolute atomic E-state index is 0.0901. The Morgan fingerprint density at radius 3 is 2.47 bits per heavy atom. The number of amides is 1. The van der Waals surface area contributed by atoms with Gasteiger partial charge >= 0.3 is 18.1 Å². The molecule has 0 aliphatic carbocycles. The lowest BCUT2D eigenvalue weighted by atomic mass is 9.94. The molecule has 1 saturated heterocycles. The number of aromatic nitrogens is 2.